The van der Waals surface area contributed by atoms with Crippen molar-refractivity contribution in [3.05, 3.63) is 40.7 Å². The fourth-order valence-corrected chi connectivity index (χ4v) is 1.87. The molecule has 0 aliphatic carbocycles. The molecule has 94 valence electrons. The van der Waals surface area contributed by atoms with Crippen LogP contribution in [-0.4, -0.2) is 9.97 Å². The molecule has 0 fully saturated rings. The smallest absolute Gasteiger partial charge is 0.224 e. The number of aryl methyl sites for hydroxylation is 2. The topological polar surface area (TPSA) is 61.0 Å². The van der Waals surface area contributed by atoms with Gasteiger partial charge in [0, 0.05) is 11.1 Å². The highest BCUT2D eigenvalue weighted by Gasteiger charge is 2.05. The van der Waals surface area contributed by atoms with Crippen LogP contribution in [-0.2, 0) is 6.42 Å². The molecular formula is C13H14ClN3O. The summed E-state index contributed by atoms with van der Waals surface area (Å²) in [5.74, 6) is 2.09. The van der Waals surface area contributed by atoms with Crippen LogP contribution in [0.1, 0.15) is 18.3 Å². The summed E-state index contributed by atoms with van der Waals surface area (Å²) >= 11 is 6.05. The van der Waals surface area contributed by atoms with E-state index in [4.69, 9.17) is 22.1 Å². The molecule has 1 aromatic carbocycles. The summed E-state index contributed by atoms with van der Waals surface area (Å²) in [5.41, 5.74) is 6.68. The summed E-state index contributed by atoms with van der Waals surface area (Å²) in [7, 11) is 0. The molecular weight excluding hydrogens is 250 g/mol. The quantitative estimate of drug-likeness (QED) is 0.922. The molecule has 2 aromatic rings. The summed E-state index contributed by atoms with van der Waals surface area (Å²) in [6, 6.07) is 7.10. The van der Waals surface area contributed by atoms with Crippen molar-refractivity contribution in [1.29, 1.82) is 0 Å². The Morgan fingerprint density at radius 3 is 2.72 bits per heavy atom. The average Bonchev–Trinajstić information content (AvgIpc) is 2.30. The molecule has 0 bridgehead atoms. The van der Waals surface area contributed by atoms with E-state index in [0.29, 0.717) is 23.3 Å². The van der Waals surface area contributed by atoms with Gasteiger partial charge < -0.3 is 10.5 Å². The zero-order chi connectivity index (χ0) is 13.1. The highest BCUT2D eigenvalue weighted by atomic mass is 35.5. The molecule has 0 radical (unpaired) electrons. The number of benzene rings is 1. The third-order valence-corrected chi connectivity index (χ3v) is 2.82. The highest BCUT2D eigenvalue weighted by molar-refractivity contribution is 6.31. The Morgan fingerprint density at radius 2 is 2.06 bits per heavy atom. The van der Waals surface area contributed by atoms with E-state index in [1.54, 1.807) is 19.1 Å². The molecule has 0 aliphatic rings. The number of anilines is 1. The average molecular weight is 264 g/mol. The van der Waals surface area contributed by atoms with Gasteiger partial charge in [-0.15, -0.1) is 0 Å². The molecule has 0 amide bonds. The van der Waals surface area contributed by atoms with Crippen molar-refractivity contribution in [2.45, 2.75) is 20.3 Å². The molecule has 0 saturated heterocycles. The maximum absolute atomic E-state index is 6.05. The van der Waals surface area contributed by atoms with Crippen LogP contribution in [0, 0.1) is 6.92 Å². The van der Waals surface area contributed by atoms with Crippen LogP contribution in [0.15, 0.2) is 24.3 Å². The van der Waals surface area contributed by atoms with Crippen LogP contribution in [0.3, 0.4) is 0 Å². The predicted octanol–water partition coefficient (Wildman–Crippen LogP) is 3.38. The van der Waals surface area contributed by atoms with Crippen LogP contribution in [0.5, 0.6) is 11.6 Å². The first kappa shape index (κ1) is 12.6. The number of hydrogen-bond donors (Lipinski definition) is 1. The van der Waals surface area contributed by atoms with E-state index in [1.165, 1.54) is 0 Å². The van der Waals surface area contributed by atoms with Crippen molar-refractivity contribution in [3.63, 3.8) is 0 Å². The molecule has 18 heavy (non-hydrogen) atoms. The summed E-state index contributed by atoms with van der Waals surface area (Å²) < 4.78 is 5.65. The van der Waals surface area contributed by atoms with Gasteiger partial charge >= 0.3 is 0 Å². The molecule has 0 unspecified atom stereocenters. The fourth-order valence-electron chi connectivity index (χ4n) is 1.62. The van der Waals surface area contributed by atoms with Crippen LogP contribution in [0.2, 0.25) is 5.02 Å². The van der Waals surface area contributed by atoms with Crippen molar-refractivity contribution in [2.75, 3.05) is 5.73 Å². The third-order valence-electron chi connectivity index (χ3n) is 2.45. The Bertz CT molecular complexity index is 552. The van der Waals surface area contributed by atoms with Crippen molar-refractivity contribution >= 4 is 17.4 Å². The van der Waals surface area contributed by atoms with Crippen LogP contribution < -0.4 is 10.5 Å². The lowest BCUT2D eigenvalue weighted by atomic mass is 10.1. The number of hydrogen-bond acceptors (Lipinski definition) is 4. The molecule has 0 saturated carbocycles. The first-order chi connectivity index (χ1) is 8.58. The summed E-state index contributed by atoms with van der Waals surface area (Å²) in [4.78, 5) is 8.15. The SMILES string of the molecule is CCc1cc(Oc2cc(N)nc(C)n2)ccc1Cl. The van der Waals surface area contributed by atoms with Gasteiger partial charge in [0.05, 0.1) is 0 Å². The van der Waals surface area contributed by atoms with Crippen LogP contribution in [0.25, 0.3) is 0 Å². The number of aromatic nitrogens is 2. The number of rotatable bonds is 3. The Labute approximate surface area is 111 Å². The lowest BCUT2D eigenvalue weighted by molar-refractivity contribution is 0.460. The van der Waals surface area contributed by atoms with E-state index in [-0.39, 0.29) is 0 Å². The molecule has 2 rings (SSSR count). The minimum Gasteiger partial charge on any atom is -0.439 e. The standard InChI is InChI=1S/C13H14ClN3O/c1-3-9-6-10(4-5-11(9)14)18-13-7-12(15)16-8(2)17-13/h4-7H,3H2,1-2H3,(H2,15,16,17). The lowest BCUT2D eigenvalue weighted by Gasteiger charge is -2.08. The minimum atomic E-state index is 0.391. The molecule has 2 N–H and O–H groups in total. The third kappa shape index (κ3) is 2.90. The molecule has 1 heterocycles. The highest BCUT2D eigenvalue weighted by Crippen LogP contribution is 2.26. The zero-order valence-corrected chi connectivity index (χ0v) is 11.0. The van der Waals surface area contributed by atoms with E-state index in [2.05, 4.69) is 9.97 Å². The van der Waals surface area contributed by atoms with Gasteiger partial charge in [-0.05, 0) is 37.1 Å². The molecule has 1 aromatic heterocycles. The van der Waals surface area contributed by atoms with Crippen molar-refractivity contribution in [1.82, 2.24) is 9.97 Å². The van der Waals surface area contributed by atoms with Gasteiger partial charge in [0.15, 0.2) is 0 Å². The Balaban J connectivity index is 2.28. The molecule has 0 spiro atoms. The first-order valence-corrected chi connectivity index (χ1v) is 6.03. The summed E-state index contributed by atoms with van der Waals surface area (Å²) in [6.07, 6.45) is 0.848. The van der Waals surface area contributed by atoms with E-state index >= 15 is 0 Å². The van der Waals surface area contributed by atoms with Gasteiger partial charge in [0.1, 0.15) is 17.4 Å². The van der Waals surface area contributed by atoms with Crippen molar-refractivity contribution < 1.29 is 4.74 Å². The number of nitrogens with zero attached hydrogens (tertiary/aromatic N) is 2. The van der Waals surface area contributed by atoms with E-state index in [9.17, 15) is 0 Å². The number of halogens is 1. The molecule has 0 aliphatic heterocycles. The van der Waals surface area contributed by atoms with Crippen LogP contribution in [0.4, 0.5) is 5.82 Å². The second-order valence-corrected chi connectivity index (χ2v) is 4.29. The first-order valence-electron chi connectivity index (χ1n) is 5.66. The van der Waals surface area contributed by atoms with Crippen LogP contribution >= 0.6 is 11.6 Å². The Morgan fingerprint density at radius 1 is 1.28 bits per heavy atom. The zero-order valence-electron chi connectivity index (χ0n) is 10.3. The fraction of sp³-hybridized carbons (Fsp3) is 0.231. The lowest BCUT2D eigenvalue weighted by Crippen LogP contribution is -1.98. The Hall–Kier alpha value is -1.81. The summed E-state index contributed by atoms with van der Waals surface area (Å²) in [6.45, 7) is 3.81. The Kier molecular flexibility index (Phi) is 3.67. The maximum Gasteiger partial charge on any atom is 0.224 e. The maximum atomic E-state index is 6.05. The number of ether oxygens (including phenoxy) is 1. The van der Waals surface area contributed by atoms with Crippen molar-refractivity contribution in [2.24, 2.45) is 0 Å². The van der Waals surface area contributed by atoms with E-state index in [1.807, 2.05) is 19.1 Å². The van der Waals surface area contributed by atoms with Crippen molar-refractivity contribution in [3.8, 4) is 11.6 Å². The normalized spacial score (nSPS) is 10.4. The number of nitrogens with two attached hydrogens (primary N) is 1. The van der Waals surface area contributed by atoms with Gasteiger partial charge in [-0.3, -0.25) is 0 Å². The summed E-state index contributed by atoms with van der Waals surface area (Å²) in [5, 5.41) is 0.739. The van der Waals surface area contributed by atoms with Gasteiger partial charge in [0.25, 0.3) is 0 Å². The van der Waals surface area contributed by atoms with Gasteiger partial charge in [0.2, 0.25) is 5.88 Å². The second-order valence-electron chi connectivity index (χ2n) is 3.89. The molecule has 5 heteroatoms. The van der Waals surface area contributed by atoms with Gasteiger partial charge in [-0.2, -0.15) is 4.98 Å². The largest absolute Gasteiger partial charge is 0.439 e. The van der Waals surface area contributed by atoms with E-state index in [0.717, 1.165) is 17.0 Å². The monoisotopic (exact) mass is 263 g/mol. The number of nitrogen functional groups attached to an aromatic ring is 1. The molecule has 4 nitrogen and oxygen atoms in total. The van der Waals surface area contributed by atoms with Gasteiger partial charge in [-0.25, -0.2) is 4.98 Å². The van der Waals surface area contributed by atoms with Gasteiger partial charge in [-0.1, -0.05) is 18.5 Å². The minimum absolute atomic E-state index is 0.391. The second kappa shape index (κ2) is 5.23. The predicted molar refractivity (Wildman–Crippen MR) is 72.1 cm³/mol. The molecule has 0 atom stereocenters. The van der Waals surface area contributed by atoms with E-state index < -0.39 is 0 Å².